The third-order valence-electron chi connectivity index (χ3n) is 5.21. The molecule has 4 rings (SSSR count). The summed E-state index contributed by atoms with van der Waals surface area (Å²) in [5, 5.41) is 0.814. The summed E-state index contributed by atoms with van der Waals surface area (Å²) in [6.45, 7) is 3.19. The number of nitrogens with one attached hydrogen (secondary N) is 1. The molecule has 1 heterocycles. The van der Waals surface area contributed by atoms with Crippen molar-refractivity contribution in [2.75, 3.05) is 19.3 Å². The Hall–Kier alpha value is -1.43. The van der Waals surface area contributed by atoms with Crippen molar-refractivity contribution in [3.05, 3.63) is 83.4 Å². The van der Waals surface area contributed by atoms with Crippen molar-refractivity contribution >= 4 is 35.3 Å². The summed E-state index contributed by atoms with van der Waals surface area (Å²) in [6.07, 6.45) is 3.25. The van der Waals surface area contributed by atoms with Crippen LogP contribution in [0.5, 0.6) is 0 Å². The van der Waals surface area contributed by atoms with E-state index in [1.165, 1.54) is 21.6 Å². The van der Waals surface area contributed by atoms with Crippen LogP contribution in [0.3, 0.4) is 0 Å². The van der Waals surface area contributed by atoms with E-state index in [0.29, 0.717) is 6.04 Å². The van der Waals surface area contributed by atoms with E-state index in [0.717, 1.165) is 36.0 Å². The zero-order valence-electron chi connectivity index (χ0n) is 16.5. The maximum absolute atomic E-state index is 6.35. The molecule has 1 N–H and O–H groups in total. The van der Waals surface area contributed by atoms with Crippen LogP contribution in [0.4, 0.5) is 0 Å². The smallest absolute Gasteiger partial charge is 0.0555 e. The average Bonchev–Trinajstić information content (AvgIpc) is 3.21. The van der Waals surface area contributed by atoms with Gasteiger partial charge in [-0.15, -0.1) is 11.8 Å². The van der Waals surface area contributed by atoms with Gasteiger partial charge in [-0.25, -0.2) is 0 Å². The second-order valence-corrected chi connectivity index (χ2v) is 9.47. The number of hydrogen-bond acceptors (Lipinski definition) is 4. The largest absolute Gasteiger partial charge is 0.297 e. The van der Waals surface area contributed by atoms with Crippen LogP contribution in [-0.4, -0.2) is 30.3 Å². The molecule has 3 aromatic carbocycles. The summed E-state index contributed by atoms with van der Waals surface area (Å²) in [4.78, 5) is 4.87. The molecule has 0 saturated carbocycles. The predicted molar refractivity (Wildman–Crippen MR) is 128 cm³/mol. The average molecular weight is 441 g/mol. The quantitative estimate of drug-likeness (QED) is 0.328. The van der Waals surface area contributed by atoms with E-state index in [1.54, 1.807) is 23.7 Å². The van der Waals surface area contributed by atoms with E-state index in [9.17, 15) is 0 Å². The van der Waals surface area contributed by atoms with Crippen LogP contribution in [0.15, 0.2) is 82.6 Å². The van der Waals surface area contributed by atoms with Crippen molar-refractivity contribution in [3.63, 3.8) is 0 Å². The van der Waals surface area contributed by atoms with Gasteiger partial charge in [-0.3, -0.25) is 9.62 Å². The van der Waals surface area contributed by atoms with Crippen LogP contribution in [-0.2, 0) is 6.54 Å². The lowest BCUT2D eigenvalue weighted by Gasteiger charge is -2.17. The second kappa shape index (κ2) is 10.1. The third-order valence-corrected chi connectivity index (χ3v) is 7.39. The summed E-state index contributed by atoms with van der Waals surface area (Å²) >= 11 is 9.75. The van der Waals surface area contributed by atoms with E-state index in [-0.39, 0.29) is 0 Å². The van der Waals surface area contributed by atoms with Crippen LogP contribution in [0.2, 0.25) is 5.02 Å². The van der Waals surface area contributed by atoms with E-state index < -0.39 is 0 Å². The van der Waals surface area contributed by atoms with Crippen LogP contribution in [0.1, 0.15) is 12.0 Å². The highest BCUT2D eigenvalue weighted by molar-refractivity contribution is 7.99. The van der Waals surface area contributed by atoms with Crippen LogP contribution in [0, 0.1) is 0 Å². The number of thioether (sulfide) groups is 1. The molecule has 0 amide bonds. The zero-order valence-corrected chi connectivity index (χ0v) is 18.9. The van der Waals surface area contributed by atoms with E-state index in [2.05, 4.69) is 82.6 Å². The highest BCUT2D eigenvalue weighted by Gasteiger charge is 2.22. The molecule has 150 valence electrons. The minimum atomic E-state index is 0.484. The molecule has 0 spiro atoms. The SMILES string of the molecule is CSc1ccc(Cl)c(SNC2CCN(Cc3ccc(-c4ccccc4)cc3)C2)c1. The number of nitrogens with zero attached hydrogens (tertiary/aromatic N) is 1. The molecular weight excluding hydrogens is 416 g/mol. The molecule has 1 aliphatic rings. The van der Waals surface area contributed by atoms with E-state index >= 15 is 0 Å². The molecule has 1 atom stereocenters. The van der Waals surface area contributed by atoms with Gasteiger partial charge in [0.2, 0.25) is 0 Å². The molecule has 29 heavy (non-hydrogen) atoms. The molecule has 0 aliphatic carbocycles. The van der Waals surface area contributed by atoms with Crippen LogP contribution < -0.4 is 4.72 Å². The predicted octanol–water partition coefficient (Wildman–Crippen LogP) is 6.60. The number of benzene rings is 3. The van der Waals surface area contributed by atoms with Gasteiger partial charge in [0, 0.05) is 35.5 Å². The first-order chi connectivity index (χ1) is 14.2. The number of rotatable bonds is 7. The Labute approximate surface area is 187 Å². The molecular formula is C24H25ClN2S2. The topological polar surface area (TPSA) is 15.3 Å². The first-order valence-corrected chi connectivity index (χ1v) is 12.3. The fourth-order valence-electron chi connectivity index (χ4n) is 3.60. The fourth-order valence-corrected chi connectivity index (χ4v) is 5.18. The normalized spacial score (nSPS) is 17.0. The second-order valence-electron chi connectivity index (χ2n) is 7.30. The Morgan fingerprint density at radius 1 is 1.00 bits per heavy atom. The molecule has 1 fully saturated rings. The molecule has 0 aromatic heterocycles. The number of likely N-dealkylation sites (tertiary alicyclic amines) is 1. The van der Waals surface area contributed by atoms with Crippen LogP contribution in [0.25, 0.3) is 11.1 Å². The van der Waals surface area contributed by atoms with Gasteiger partial charge in [-0.1, -0.05) is 66.2 Å². The molecule has 2 nitrogen and oxygen atoms in total. The molecule has 1 aliphatic heterocycles. The van der Waals surface area contributed by atoms with Gasteiger partial charge in [-0.2, -0.15) is 0 Å². The lowest BCUT2D eigenvalue weighted by atomic mass is 10.0. The van der Waals surface area contributed by atoms with Crippen molar-refractivity contribution in [3.8, 4) is 11.1 Å². The standard InChI is InChI=1S/C24H25ClN2S2/c1-28-22-11-12-23(25)24(15-22)29-26-21-13-14-27(17-21)16-18-7-9-20(10-8-18)19-5-3-2-4-6-19/h2-12,15,21,26H,13-14,16-17H2,1H3. The van der Waals surface area contributed by atoms with Gasteiger partial charge < -0.3 is 0 Å². The van der Waals surface area contributed by atoms with Crippen molar-refractivity contribution in [2.24, 2.45) is 0 Å². The van der Waals surface area contributed by atoms with Crippen LogP contribution >= 0.6 is 35.3 Å². The molecule has 0 bridgehead atoms. The summed E-state index contributed by atoms with van der Waals surface area (Å²) in [6, 6.07) is 26.2. The van der Waals surface area contributed by atoms with Crippen molar-refractivity contribution in [2.45, 2.75) is 28.8 Å². The monoisotopic (exact) mass is 440 g/mol. The van der Waals surface area contributed by atoms with Gasteiger partial charge in [0.05, 0.1) is 5.02 Å². The number of halogens is 1. The minimum Gasteiger partial charge on any atom is -0.297 e. The Morgan fingerprint density at radius 3 is 2.52 bits per heavy atom. The van der Waals surface area contributed by atoms with E-state index in [4.69, 9.17) is 11.6 Å². The van der Waals surface area contributed by atoms with Gasteiger partial charge in [-0.05, 0) is 59.5 Å². The maximum Gasteiger partial charge on any atom is 0.0555 e. The van der Waals surface area contributed by atoms with E-state index in [1.807, 2.05) is 6.07 Å². The lowest BCUT2D eigenvalue weighted by molar-refractivity contribution is 0.325. The van der Waals surface area contributed by atoms with Gasteiger partial charge in [0.25, 0.3) is 0 Å². The summed E-state index contributed by atoms with van der Waals surface area (Å²) < 4.78 is 3.62. The van der Waals surface area contributed by atoms with Crippen molar-refractivity contribution in [1.29, 1.82) is 0 Å². The maximum atomic E-state index is 6.35. The van der Waals surface area contributed by atoms with Gasteiger partial charge in [0.1, 0.15) is 0 Å². The summed E-state index contributed by atoms with van der Waals surface area (Å²) in [5.74, 6) is 0. The van der Waals surface area contributed by atoms with Crippen molar-refractivity contribution < 1.29 is 0 Å². The fraction of sp³-hybridized carbons (Fsp3) is 0.250. The summed E-state index contributed by atoms with van der Waals surface area (Å²) in [5.41, 5.74) is 3.91. The Morgan fingerprint density at radius 2 is 1.76 bits per heavy atom. The Balaban J connectivity index is 1.29. The van der Waals surface area contributed by atoms with Gasteiger partial charge in [0.15, 0.2) is 0 Å². The molecule has 1 unspecified atom stereocenters. The first-order valence-electron chi connectivity index (χ1n) is 9.84. The molecule has 1 saturated heterocycles. The third kappa shape index (κ3) is 5.59. The minimum absolute atomic E-state index is 0.484. The highest BCUT2D eigenvalue weighted by atomic mass is 35.5. The molecule has 0 radical (unpaired) electrons. The zero-order chi connectivity index (χ0) is 20.1. The van der Waals surface area contributed by atoms with Gasteiger partial charge >= 0.3 is 0 Å². The Kier molecular flexibility index (Phi) is 7.22. The molecule has 5 heteroatoms. The Bertz CT molecular complexity index is 931. The lowest BCUT2D eigenvalue weighted by Crippen LogP contribution is -2.28. The summed E-state index contributed by atoms with van der Waals surface area (Å²) in [7, 11) is 0. The first kappa shape index (κ1) is 20.8. The highest BCUT2D eigenvalue weighted by Crippen LogP contribution is 2.30. The number of hydrogen-bond donors (Lipinski definition) is 1. The molecule has 3 aromatic rings. The van der Waals surface area contributed by atoms with Crippen molar-refractivity contribution in [1.82, 2.24) is 9.62 Å².